The van der Waals surface area contributed by atoms with Crippen LogP contribution in [0.3, 0.4) is 0 Å². The predicted molar refractivity (Wildman–Crippen MR) is 111 cm³/mol. The molecule has 0 spiro atoms. The van der Waals surface area contributed by atoms with Gasteiger partial charge in [0, 0.05) is 11.0 Å². The van der Waals surface area contributed by atoms with Crippen LogP contribution in [-0.4, -0.2) is 31.8 Å². The van der Waals surface area contributed by atoms with Crippen LogP contribution < -0.4 is 20.5 Å². The van der Waals surface area contributed by atoms with E-state index in [9.17, 15) is 9.59 Å². The van der Waals surface area contributed by atoms with Crippen LogP contribution in [0.1, 0.15) is 10.4 Å². The van der Waals surface area contributed by atoms with Crippen LogP contribution in [0.2, 0.25) is 0 Å². The molecule has 0 heterocycles. The van der Waals surface area contributed by atoms with Gasteiger partial charge in [0.15, 0.2) is 11.5 Å². The molecule has 28 heavy (non-hydrogen) atoms. The molecule has 0 saturated heterocycles. The number of anilines is 1. The second-order valence-corrected chi connectivity index (χ2v) is 7.01. The fourth-order valence-electron chi connectivity index (χ4n) is 2.78. The van der Waals surface area contributed by atoms with E-state index < -0.39 is 5.91 Å². The van der Waals surface area contributed by atoms with E-state index in [4.69, 9.17) is 15.2 Å². The lowest BCUT2D eigenvalue weighted by Gasteiger charge is -2.14. The summed E-state index contributed by atoms with van der Waals surface area (Å²) in [6.45, 7) is 0. The minimum Gasteiger partial charge on any atom is -0.493 e. The molecule has 0 aliphatic rings. The second-order valence-electron chi connectivity index (χ2n) is 5.96. The summed E-state index contributed by atoms with van der Waals surface area (Å²) < 4.78 is 10.4. The van der Waals surface area contributed by atoms with Crippen molar-refractivity contribution >= 4 is 40.0 Å². The van der Waals surface area contributed by atoms with Crippen LogP contribution in [0.15, 0.2) is 59.5 Å². The van der Waals surface area contributed by atoms with Crippen molar-refractivity contribution in [2.45, 2.75) is 4.90 Å². The van der Waals surface area contributed by atoms with E-state index in [-0.39, 0.29) is 22.9 Å². The maximum atomic E-state index is 12.4. The lowest BCUT2D eigenvalue weighted by Crippen LogP contribution is -2.19. The first-order chi connectivity index (χ1) is 13.5. The van der Waals surface area contributed by atoms with Crippen molar-refractivity contribution in [1.29, 1.82) is 0 Å². The highest BCUT2D eigenvalue weighted by Gasteiger charge is 2.17. The molecule has 3 aromatic rings. The Labute approximate surface area is 167 Å². The van der Waals surface area contributed by atoms with E-state index >= 15 is 0 Å². The molecule has 2 amide bonds. The lowest BCUT2D eigenvalue weighted by molar-refractivity contribution is -0.113. The van der Waals surface area contributed by atoms with Gasteiger partial charge < -0.3 is 20.5 Å². The van der Waals surface area contributed by atoms with E-state index in [1.807, 2.05) is 42.5 Å². The smallest absolute Gasteiger partial charge is 0.250 e. The second kappa shape index (κ2) is 8.67. The monoisotopic (exact) mass is 396 g/mol. The Hall–Kier alpha value is -3.19. The molecule has 0 atom stereocenters. The molecule has 144 valence electrons. The highest BCUT2D eigenvalue weighted by atomic mass is 32.2. The number of amides is 2. The normalized spacial score (nSPS) is 10.5. The van der Waals surface area contributed by atoms with Gasteiger partial charge in [0.05, 0.1) is 31.2 Å². The van der Waals surface area contributed by atoms with Gasteiger partial charge in [-0.2, -0.15) is 0 Å². The molecule has 0 fully saturated rings. The standard InChI is InChI=1S/C21H20N2O4S/c1-26-18-10-16(21(22)25)17(11-19(18)27-2)23-20(24)12-28-15-8-7-13-5-3-4-6-14(13)9-15/h3-11H,12H2,1-2H3,(H2,22,25)(H,23,24). The third kappa shape index (κ3) is 4.37. The van der Waals surface area contributed by atoms with E-state index in [1.54, 1.807) is 0 Å². The Morgan fingerprint density at radius 3 is 2.32 bits per heavy atom. The van der Waals surface area contributed by atoms with Crippen molar-refractivity contribution in [2.75, 3.05) is 25.3 Å². The molecular weight excluding hydrogens is 376 g/mol. The van der Waals surface area contributed by atoms with E-state index in [2.05, 4.69) is 5.32 Å². The number of nitrogens with two attached hydrogens (primary N) is 1. The molecule has 0 aliphatic heterocycles. The van der Waals surface area contributed by atoms with Crippen LogP contribution in [0.25, 0.3) is 10.8 Å². The van der Waals surface area contributed by atoms with E-state index in [1.165, 1.54) is 38.1 Å². The fraction of sp³-hybridized carbons (Fsp3) is 0.143. The van der Waals surface area contributed by atoms with Crippen molar-refractivity contribution in [3.05, 3.63) is 60.2 Å². The van der Waals surface area contributed by atoms with Crippen LogP contribution in [0, 0.1) is 0 Å². The molecule has 3 aromatic carbocycles. The molecule has 0 unspecified atom stereocenters. The lowest BCUT2D eigenvalue weighted by atomic mass is 10.1. The van der Waals surface area contributed by atoms with Gasteiger partial charge >= 0.3 is 0 Å². The number of primary amides is 1. The number of thioether (sulfide) groups is 1. The highest BCUT2D eigenvalue weighted by molar-refractivity contribution is 8.00. The third-order valence-electron chi connectivity index (χ3n) is 4.15. The Bertz CT molecular complexity index is 1040. The number of methoxy groups -OCH3 is 2. The zero-order valence-corrected chi connectivity index (χ0v) is 16.3. The van der Waals surface area contributed by atoms with Gasteiger partial charge in [-0.15, -0.1) is 11.8 Å². The summed E-state index contributed by atoms with van der Waals surface area (Å²) in [7, 11) is 2.93. The molecular formula is C21H20N2O4S. The van der Waals surface area contributed by atoms with Gasteiger partial charge in [0.25, 0.3) is 5.91 Å². The maximum absolute atomic E-state index is 12.4. The minimum absolute atomic E-state index is 0.154. The minimum atomic E-state index is -0.668. The van der Waals surface area contributed by atoms with Crippen molar-refractivity contribution in [1.82, 2.24) is 0 Å². The highest BCUT2D eigenvalue weighted by Crippen LogP contribution is 2.33. The number of nitrogens with one attached hydrogen (secondary N) is 1. The van der Waals surface area contributed by atoms with Gasteiger partial charge in [-0.05, 0) is 29.0 Å². The Morgan fingerprint density at radius 1 is 0.964 bits per heavy atom. The summed E-state index contributed by atoms with van der Waals surface area (Å²) in [5, 5.41) is 4.99. The van der Waals surface area contributed by atoms with Crippen molar-refractivity contribution in [3.8, 4) is 11.5 Å². The zero-order valence-electron chi connectivity index (χ0n) is 15.5. The number of carbonyl (C=O) groups excluding carboxylic acids is 2. The summed E-state index contributed by atoms with van der Waals surface area (Å²) >= 11 is 1.41. The number of ether oxygens (including phenoxy) is 2. The van der Waals surface area contributed by atoms with Crippen LogP contribution >= 0.6 is 11.8 Å². The molecule has 7 heteroatoms. The van der Waals surface area contributed by atoms with Gasteiger partial charge in [-0.1, -0.05) is 30.3 Å². The first kappa shape index (κ1) is 19.6. The van der Waals surface area contributed by atoms with Gasteiger partial charge in [-0.3, -0.25) is 9.59 Å². The number of hydrogen-bond donors (Lipinski definition) is 2. The molecule has 0 aromatic heterocycles. The van der Waals surface area contributed by atoms with Gasteiger partial charge in [0.1, 0.15) is 0 Å². The van der Waals surface area contributed by atoms with Crippen molar-refractivity contribution < 1.29 is 19.1 Å². The topological polar surface area (TPSA) is 90.6 Å². The van der Waals surface area contributed by atoms with Gasteiger partial charge in [0.2, 0.25) is 5.91 Å². The summed E-state index contributed by atoms with van der Waals surface area (Å²) in [4.78, 5) is 25.1. The molecule has 3 rings (SSSR count). The predicted octanol–water partition coefficient (Wildman–Crippen LogP) is 3.69. The Kier molecular flexibility index (Phi) is 6.06. The Balaban J connectivity index is 1.73. The molecule has 6 nitrogen and oxygen atoms in total. The largest absolute Gasteiger partial charge is 0.493 e. The average Bonchev–Trinajstić information content (AvgIpc) is 2.71. The Morgan fingerprint density at radius 2 is 1.64 bits per heavy atom. The fourth-order valence-corrected chi connectivity index (χ4v) is 3.52. The summed E-state index contributed by atoms with van der Waals surface area (Å²) in [5.41, 5.74) is 5.87. The quantitative estimate of drug-likeness (QED) is 0.595. The average molecular weight is 396 g/mol. The first-order valence-electron chi connectivity index (χ1n) is 8.49. The maximum Gasteiger partial charge on any atom is 0.250 e. The van der Waals surface area contributed by atoms with Crippen molar-refractivity contribution in [2.24, 2.45) is 5.73 Å². The van der Waals surface area contributed by atoms with Crippen LogP contribution in [0.4, 0.5) is 5.69 Å². The summed E-state index contributed by atoms with van der Waals surface area (Å²) in [6.07, 6.45) is 0. The summed E-state index contributed by atoms with van der Waals surface area (Å²) in [6, 6.07) is 17.1. The molecule has 0 aliphatic carbocycles. The number of hydrogen-bond acceptors (Lipinski definition) is 5. The molecule has 0 saturated carbocycles. The first-order valence-corrected chi connectivity index (χ1v) is 9.47. The van der Waals surface area contributed by atoms with Crippen molar-refractivity contribution in [3.63, 3.8) is 0 Å². The van der Waals surface area contributed by atoms with Crippen LogP contribution in [-0.2, 0) is 4.79 Å². The SMILES string of the molecule is COc1cc(NC(=O)CSc2ccc3ccccc3c2)c(C(N)=O)cc1OC. The summed E-state index contributed by atoms with van der Waals surface area (Å²) in [5.74, 6) is 0.0152. The number of benzene rings is 3. The number of fused-ring (bicyclic) bond motifs is 1. The number of carbonyl (C=O) groups is 2. The number of rotatable bonds is 7. The zero-order chi connectivity index (χ0) is 20.1. The molecule has 0 bridgehead atoms. The molecule has 3 N–H and O–H groups in total. The van der Waals surface area contributed by atoms with E-state index in [0.717, 1.165) is 15.7 Å². The van der Waals surface area contributed by atoms with Crippen LogP contribution in [0.5, 0.6) is 11.5 Å². The van der Waals surface area contributed by atoms with E-state index in [0.29, 0.717) is 11.5 Å². The van der Waals surface area contributed by atoms with Gasteiger partial charge in [-0.25, -0.2) is 0 Å². The molecule has 0 radical (unpaired) electrons. The third-order valence-corrected chi connectivity index (χ3v) is 5.15.